The third-order valence-corrected chi connectivity index (χ3v) is 2.88. The molecule has 1 rings (SSSR count). The van der Waals surface area contributed by atoms with Crippen LogP contribution in [0.15, 0.2) is 0 Å². The Morgan fingerprint density at radius 3 is 2.19 bits per heavy atom. The Kier molecular flexibility index (Phi) is 6.28. The first-order valence-corrected chi connectivity index (χ1v) is 6.17. The highest BCUT2D eigenvalue weighted by Crippen LogP contribution is 2.24. The average molecular weight is 232 g/mol. The second kappa shape index (κ2) is 7.22. The van der Waals surface area contributed by atoms with Gasteiger partial charge in [0.2, 0.25) is 0 Å². The van der Waals surface area contributed by atoms with E-state index in [0.717, 1.165) is 25.7 Å². The number of hydrogen-bond acceptors (Lipinski definition) is 4. The van der Waals surface area contributed by atoms with E-state index in [4.69, 9.17) is 19.7 Å². The van der Waals surface area contributed by atoms with Crippen LogP contribution in [0.25, 0.3) is 0 Å². The summed E-state index contributed by atoms with van der Waals surface area (Å²) in [4.78, 5) is 0. The number of aliphatic hydroxyl groups excluding tert-OH is 2. The van der Waals surface area contributed by atoms with Crippen molar-refractivity contribution in [2.75, 3.05) is 13.2 Å². The van der Waals surface area contributed by atoms with Crippen LogP contribution in [0.5, 0.6) is 0 Å². The Morgan fingerprint density at radius 2 is 1.69 bits per heavy atom. The van der Waals surface area contributed by atoms with Gasteiger partial charge in [0.05, 0.1) is 37.6 Å². The molecule has 0 aliphatic heterocycles. The third kappa shape index (κ3) is 5.25. The molecule has 0 aromatic rings. The van der Waals surface area contributed by atoms with Gasteiger partial charge in [0, 0.05) is 0 Å². The van der Waals surface area contributed by atoms with E-state index in [2.05, 4.69) is 0 Å². The van der Waals surface area contributed by atoms with Gasteiger partial charge in [0.15, 0.2) is 0 Å². The summed E-state index contributed by atoms with van der Waals surface area (Å²) >= 11 is 0. The summed E-state index contributed by atoms with van der Waals surface area (Å²) < 4.78 is 11.2. The highest BCUT2D eigenvalue weighted by molar-refractivity contribution is 4.74. The van der Waals surface area contributed by atoms with Crippen molar-refractivity contribution in [3.63, 3.8) is 0 Å². The normalized spacial score (nSPS) is 30.0. The SMILES string of the molecule is CC(O)COC1CCC(OC(C)CO)CC1. The molecular formula is C12H24O4. The van der Waals surface area contributed by atoms with Gasteiger partial charge >= 0.3 is 0 Å². The van der Waals surface area contributed by atoms with E-state index in [1.807, 2.05) is 6.92 Å². The summed E-state index contributed by atoms with van der Waals surface area (Å²) in [5.41, 5.74) is 0. The highest BCUT2D eigenvalue weighted by atomic mass is 16.5. The van der Waals surface area contributed by atoms with Crippen LogP contribution in [-0.2, 0) is 9.47 Å². The predicted molar refractivity (Wildman–Crippen MR) is 61.3 cm³/mol. The van der Waals surface area contributed by atoms with Gasteiger partial charge in [-0.15, -0.1) is 0 Å². The standard InChI is InChI=1S/C12H24O4/c1-9(14)8-15-11-3-5-12(6-4-11)16-10(2)7-13/h9-14H,3-8H2,1-2H3. The summed E-state index contributed by atoms with van der Waals surface area (Å²) in [6.45, 7) is 4.12. The third-order valence-electron chi connectivity index (χ3n) is 2.88. The molecule has 1 aliphatic carbocycles. The Morgan fingerprint density at radius 1 is 1.12 bits per heavy atom. The van der Waals surface area contributed by atoms with Crippen LogP contribution >= 0.6 is 0 Å². The molecule has 2 unspecified atom stereocenters. The number of rotatable bonds is 6. The zero-order valence-electron chi connectivity index (χ0n) is 10.3. The van der Waals surface area contributed by atoms with E-state index in [9.17, 15) is 0 Å². The van der Waals surface area contributed by atoms with Gasteiger partial charge in [-0.2, -0.15) is 0 Å². The van der Waals surface area contributed by atoms with E-state index in [1.54, 1.807) is 6.92 Å². The number of hydrogen-bond donors (Lipinski definition) is 2. The number of aliphatic hydroxyl groups is 2. The first kappa shape index (κ1) is 13.9. The minimum atomic E-state index is -0.386. The second-order valence-corrected chi connectivity index (χ2v) is 4.71. The maximum atomic E-state index is 9.11. The molecule has 1 aliphatic rings. The van der Waals surface area contributed by atoms with Gasteiger partial charge in [-0.3, -0.25) is 0 Å². The minimum Gasteiger partial charge on any atom is -0.394 e. The highest BCUT2D eigenvalue weighted by Gasteiger charge is 2.23. The summed E-state index contributed by atoms with van der Waals surface area (Å²) in [7, 11) is 0. The molecule has 0 saturated heterocycles. The quantitative estimate of drug-likeness (QED) is 0.720. The van der Waals surface area contributed by atoms with E-state index < -0.39 is 0 Å². The zero-order chi connectivity index (χ0) is 12.0. The van der Waals surface area contributed by atoms with Crippen molar-refractivity contribution in [2.24, 2.45) is 0 Å². The molecule has 1 saturated carbocycles. The number of ether oxygens (including phenoxy) is 2. The first-order valence-electron chi connectivity index (χ1n) is 6.17. The van der Waals surface area contributed by atoms with Crippen molar-refractivity contribution in [3.05, 3.63) is 0 Å². The summed E-state index contributed by atoms with van der Waals surface area (Å²) in [6.07, 6.45) is 3.99. The monoisotopic (exact) mass is 232 g/mol. The largest absolute Gasteiger partial charge is 0.394 e. The lowest BCUT2D eigenvalue weighted by atomic mass is 9.95. The van der Waals surface area contributed by atoms with Gasteiger partial charge in [-0.25, -0.2) is 0 Å². The Hall–Kier alpha value is -0.160. The predicted octanol–water partition coefficient (Wildman–Crippen LogP) is 1.09. The van der Waals surface area contributed by atoms with Crippen LogP contribution in [0, 0.1) is 0 Å². The van der Waals surface area contributed by atoms with Crippen LogP contribution < -0.4 is 0 Å². The van der Waals surface area contributed by atoms with Crippen molar-refractivity contribution >= 4 is 0 Å². The molecule has 0 amide bonds. The van der Waals surface area contributed by atoms with Crippen LogP contribution in [0.2, 0.25) is 0 Å². The maximum absolute atomic E-state index is 9.11. The fourth-order valence-electron chi connectivity index (χ4n) is 1.98. The Bertz CT molecular complexity index is 176. The molecule has 0 bridgehead atoms. The van der Waals surface area contributed by atoms with Crippen molar-refractivity contribution in [1.29, 1.82) is 0 Å². The van der Waals surface area contributed by atoms with Gasteiger partial charge in [0.1, 0.15) is 0 Å². The van der Waals surface area contributed by atoms with Crippen LogP contribution in [0.3, 0.4) is 0 Å². The molecule has 0 aromatic carbocycles. The van der Waals surface area contributed by atoms with Crippen LogP contribution in [0.4, 0.5) is 0 Å². The van der Waals surface area contributed by atoms with Crippen LogP contribution in [-0.4, -0.2) is 47.8 Å². The van der Waals surface area contributed by atoms with Crippen molar-refractivity contribution in [1.82, 2.24) is 0 Å². The van der Waals surface area contributed by atoms with Crippen LogP contribution in [0.1, 0.15) is 39.5 Å². The molecule has 0 radical (unpaired) electrons. The van der Waals surface area contributed by atoms with Crippen molar-refractivity contribution in [2.45, 2.75) is 63.9 Å². The Labute approximate surface area is 97.6 Å². The summed E-state index contributed by atoms with van der Waals surface area (Å²) in [5, 5.41) is 18.0. The summed E-state index contributed by atoms with van der Waals surface area (Å²) in [5.74, 6) is 0. The summed E-state index contributed by atoms with van der Waals surface area (Å²) in [6, 6.07) is 0. The topological polar surface area (TPSA) is 58.9 Å². The maximum Gasteiger partial charge on any atom is 0.0781 e. The first-order chi connectivity index (χ1) is 7.61. The van der Waals surface area contributed by atoms with E-state index in [0.29, 0.717) is 6.61 Å². The van der Waals surface area contributed by atoms with Gasteiger partial charge in [-0.05, 0) is 39.5 Å². The lowest BCUT2D eigenvalue weighted by molar-refractivity contribution is -0.0780. The molecule has 0 aromatic heterocycles. The van der Waals surface area contributed by atoms with Gasteiger partial charge in [-0.1, -0.05) is 0 Å². The van der Waals surface area contributed by atoms with Crippen molar-refractivity contribution < 1.29 is 19.7 Å². The van der Waals surface area contributed by atoms with E-state index >= 15 is 0 Å². The molecule has 1 fully saturated rings. The van der Waals surface area contributed by atoms with Gasteiger partial charge < -0.3 is 19.7 Å². The molecule has 96 valence electrons. The molecule has 16 heavy (non-hydrogen) atoms. The minimum absolute atomic E-state index is 0.0695. The molecular weight excluding hydrogens is 208 g/mol. The molecule has 4 nitrogen and oxygen atoms in total. The zero-order valence-corrected chi connectivity index (χ0v) is 10.3. The Balaban J connectivity index is 2.13. The molecule has 0 heterocycles. The van der Waals surface area contributed by atoms with E-state index in [-0.39, 0.29) is 31.0 Å². The molecule has 4 heteroatoms. The van der Waals surface area contributed by atoms with Crippen molar-refractivity contribution in [3.8, 4) is 0 Å². The average Bonchev–Trinajstić information content (AvgIpc) is 2.28. The lowest BCUT2D eigenvalue weighted by Crippen LogP contribution is -2.31. The second-order valence-electron chi connectivity index (χ2n) is 4.71. The van der Waals surface area contributed by atoms with E-state index in [1.165, 1.54) is 0 Å². The lowest BCUT2D eigenvalue weighted by Gasteiger charge is -2.30. The fraction of sp³-hybridized carbons (Fsp3) is 1.00. The van der Waals surface area contributed by atoms with Gasteiger partial charge in [0.25, 0.3) is 0 Å². The molecule has 0 spiro atoms. The molecule has 2 atom stereocenters. The molecule has 2 N–H and O–H groups in total. The fourth-order valence-corrected chi connectivity index (χ4v) is 1.98. The smallest absolute Gasteiger partial charge is 0.0781 e.